The predicted octanol–water partition coefficient (Wildman–Crippen LogP) is 4.93. The molecule has 1 saturated carbocycles. The Morgan fingerprint density at radius 3 is 2.61 bits per heavy atom. The number of fused-ring (bicyclic) bond motifs is 1. The van der Waals surface area contributed by atoms with Gasteiger partial charge in [-0.25, -0.2) is 18.3 Å². The molecule has 8 nitrogen and oxygen atoms in total. The fourth-order valence-electron chi connectivity index (χ4n) is 5.88. The van der Waals surface area contributed by atoms with Gasteiger partial charge in [0.1, 0.15) is 17.5 Å². The molecular weight excluding hydrogens is 526 g/mol. The van der Waals surface area contributed by atoms with Gasteiger partial charge in [0, 0.05) is 37.8 Å². The Hall–Kier alpha value is -3.76. The van der Waals surface area contributed by atoms with Gasteiger partial charge in [0.15, 0.2) is 0 Å². The molecule has 3 N–H and O–H groups in total. The van der Waals surface area contributed by atoms with Crippen LogP contribution in [0.4, 0.5) is 8.78 Å². The molecule has 10 heteroatoms. The van der Waals surface area contributed by atoms with Crippen molar-refractivity contribution in [3.05, 3.63) is 83.1 Å². The minimum atomic E-state index is -0.698. The van der Waals surface area contributed by atoms with Crippen molar-refractivity contribution in [1.29, 1.82) is 0 Å². The van der Waals surface area contributed by atoms with Crippen LogP contribution in [0.3, 0.4) is 0 Å². The Morgan fingerprint density at radius 1 is 1.17 bits per heavy atom. The van der Waals surface area contributed by atoms with E-state index >= 15 is 8.78 Å². The standard InChI is InChI=1S/C31H36F2N6O2/c1-17(2)41-16-20-10-25(32)30(26(33)11-20)28-6-5-23-15-36-29(39(23)38-28)13-22-14-35-8-7-24(22)21-9-18(3)31(27(34)12-21)37-19(4)40/h5-8,10-11,14-15,17-18,21,27,31H,9,12-13,16,34H2,1-4H3,(H,37,40)/t18-,21+,27+,31-/m0/s1. The number of carbonyl (C=O) groups excluding carboxylic acids is 1. The number of imidazole rings is 1. The summed E-state index contributed by atoms with van der Waals surface area (Å²) in [5, 5.41) is 7.60. The maximum Gasteiger partial charge on any atom is 0.217 e. The number of rotatable bonds is 8. The van der Waals surface area contributed by atoms with Crippen molar-refractivity contribution in [3.63, 3.8) is 0 Å². The lowest BCUT2D eigenvalue weighted by molar-refractivity contribution is -0.120. The number of hydrogen-bond donors (Lipinski definition) is 2. The monoisotopic (exact) mass is 562 g/mol. The Balaban J connectivity index is 1.43. The lowest BCUT2D eigenvalue weighted by atomic mass is 9.72. The Bertz CT molecular complexity index is 1520. The molecule has 0 bridgehead atoms. The van der Waals surface area contributed by atoms with E-state index in [1.54, 1.807) is 29.0 Å². The average Bonchev–Trinajstić information content (AvgIpc) is 3.31. The molecule has 4 atom stereocenters. The number of ether oxygens (including phenoxy) is 1. The highest BCUT2D eigenvalue weighted by molar-refractivity contribution is 5.73. The molecular formula is C31H36F2N6O2. The molecule has 0 aliphatic heterocycles. The van der Waals surface area contributed by atoms with Gasteiger partial charge in [0.25, 0.3) is 0 Å². The zero-order valence-corrected chi connectivity index (χ0v) is 23.8. The van der Waals surface area contributed by atoms with Crippen LogP contribution in [0.2, 0.25) is 0 Å². The van der Waals surface area contributed by atoms with Gasteiger partial charge in [-0.2, -0.15) is 5.10 Å². The fraction of sp³-hybridized carbons (Fsp3) is 0.419. The van der Waals surface area contributed by atoms with Gasteiger partial charge >= 0.3 is 0 Å². The van der Waals surface area contributed by atoms with Gasteiger partial charge in [-0.1, -0.05) is 6.92 Å². The highest BCUT2D eigenvalue weighted by atomic mass is 19.1. The predicted molar refractivity (Wildman–Crippen MR) is 152 cm³/mol. The van der Waals surface area contributed by atoms with Gasteiger partial charge in [-0.15, -0.1) is 0 Å². The third-order valence-electron chi connectivity index (χ3n) is 7.78. The van der Waals surface area contributed by atoms with Crippen molar-refractivity contribution < 1.29 is 18.3 Å². The van der Waals surface area contributed by atoms with Crippen LogP contribution in [0.5, 0.6) is 0 Å². The number of amides is 1. The molecule has 1 fully saturated rings. The lowest BCUT2D eigenvalue weighted by Gasteiger charge is -2.39. The second-order valence-electron chi connectivity index (χ2n) is 11.3. The van der Waals surface area contributed by atoms with Crippen molar-refractivity contribution in [3.8, 4) is 11.3 Å². The minimum Gasteiger partial charge on any atom is -0.374 e. The first-order chi connectivity index (χ1) is 19.6. The number of nitrogens with two attached hydrogens (primary N) is 1. The van der Waals surface area contributed by atoms with E-state index in [1.165, 1.54) is 19.1 Å². The zero-order chi connectivity index (χ0) is 29.3. The van der Waals surface area contributed by atoms with Crippen LogP contribution in [0.15, 0.2) is 48.9 Å². The first-order valence-electron chi connectivity index (χ1n) is 14.0. The first kappa shape index (κ1) is 28.8. The SMILES string of the molecule is CC(=O)N[C@@H]1[C@H](N)C[C@H](c2ccncc2Cc2ncc3ccc(-c4c(F)cc(COC(C)C)cc4F)nn23)C[C@@H]1C. The normalized spacial score (nSPS) is 21.0. The van der Waals surface area contributed by atoms with E-state index in [2.05, 4.69) is 27.3 Å². The molecule has 1 amide bonds. The van der Waals surface area contributed by atoms with Crippen LogP contribution in [0.1, 0.15) is 69.0 Å². The number of nitrogens with zero attached hydrogens (tertiary/aromatic N) is 4. The lowest BCUT2D eigenvalue weighted by Crippen LogP contribution is -2.54. The van der Waals surface area contributed by atoms with Gasteiger partial charge in [0.05, 0.1) is 35.7 Å². The molecule has 0 radical (unpaired) electrons. The summed E-state index contributed by atoms with van der Waals surface area (Å²) in [5.74, 6) is -0.443. The molecule has 1 aliphatic carbocycles. The summed E-state index contributed by atoms with van der Waals surface area (Å²) in [6, 6.07) is 7.71. The molecule has 1 aliphatic rings. The van der Waals surface area contributed by atoms with Gasteiger partial charge in [-0.3, -0.25) is 9.78 Å². The molecule has 0 spiro atoms. The topological polar surface area (TPSA) is 107 Å². The number of hydrogen-bond acceptors (Lipinski definition) is 6. The smallest absolute Gasteiger partial charge is 0.217 e. The summed E-state index contributed by atoms with van der Waals surface area (Å²) in [6.45, 7) is 7.48. The summed E-state index contributed by atoms with van der Waals surface area (Å²) in [7, 11) is 0. The van der Waals surface area contributed by atoms with Gasteiger partial charge in [0.2, 0.25) is 5.91 Å². The zero-order valence-electron chi connectivity index (χ0n) is 23.8. The number of nitrogens with one attached hydrogen (secondary N) is 1. The third-order valence-corrected chi connectivity index (χ3v) is 7.78. The van der Waals surface area contributed by atoms with Crippen molar-refractivity contribution in [2.24, 2.45) is 11.7 Å². The van der Waals surface area contributed by atoms with Crippen LogP contribution in [0, 0.1) is 17.6 Å². The van der Waals surface area contributed by atoms with E-state index in [-0.39, 0.29) is 53.8 Å². The molecule has 5 rings (SSSR count). The summed E-state index contributed by atoms with van der Waals surface area (Å²) in [4.78, 5) is 20.6. The number of benzene rings is 1. The van der Waals surface area contributed by atoms with Crippen molar-refractivity contribution in [2.45, 2.75) is 77.7 Å². The van der Waals surface area contributed by atoms with E-state index in [0.717, 1.165) is 24.0 Å². The quantitative estimate of drug-likeness (QED) is 0.315. The maximum absolute atomic E-state index is 15.1. The van der Waals surface area contributed by atoms with E-state index in [0.29, 0.717) is 23.3 Å². The summed E-state index contributed by atoms with van der Waals surface area (Å²) >= 11 is 0. The second kappa shape index (κ2) is 12.0. The van der Waals surface area contributed by atoms with E-state index in [9.17, 15) is 4.79 Å². The third kappa shape index (κ3) is 6.28. The number of carbonyl (C=O) groups is 1. The second-order valence-corrected chi connectivity index (χ2v) is 11.3. The molecule has 1 aromatic carbocycles. The van der Waals surface area contributed by atoms with E-state index in [4.69, 9.17) is 10.5 Å². The highest BCUT2D eigenvalue weighted by Crippen LogP contribution is 2.37. The van der Waals surface area contributed by atoms with Crippen molar-refractivity contribution in [1.82, 2.24) is 24.9 Å². The molecule has 4 aromatic rings. The number of pyridine rings is 1. The van der Waals surface area contributed by atoms with Crippen LogP contribution < -0.4 is 11.1 Å². The van der Waals surface area contributed by atoms with Crippen LogP contribution in [-0.2, 0) is 22.6 Å². The highest BCUT2D eigenvalue weighted by Gasteiger charge is 2.35. The van der Waals surface area contributed by atoms with Crippen molar-refractivity contribution in [2.75, 3.05) is 0 Å². The Morgan fingerprint density at radius 2 is 1.93 bits per heavy atom. The van der Waals surface area contributed by atoms with E-state index in [1.807, 2.05) is 26.1 Å². The van der Waals surface area contributed by atoms with Crippen LogP contribution in [0.25, 0.3) is 16.8 Å². The summed E-state index contributed by atoms with van der Waals surface area (Å²) in [6.07, 6.45) is 7.27. The molecule has 3 aromatic heterocycles. The molecule has 3 heterocycles. The molecule has 216 valence electrons. The minimum absolute atomic E-state index is 0.0521. The van der Waals surface area contributed by atoms with Crippen LogP contribution in [-0.4, -0.2) is 43.7 Å². The maximum atomic E-state index is 15.1. The molecule has 0 unspecified atom stereocenters. The van der Waals surface area contributed by atoms with E-state index < -0.39 is 11.6 Å². The summed E-state index contributed by atoms with van der Waals surface area (Å²) in [5.41, 5.74) is 9.75. The Kier molecular flexibility index (Phi) is 8.42. The van der Waals surface area contributed by atoms with Crippen molar-refractivity contribution >= 4 is 11.4 Å². The average molecular weight is 563 g/mol. The largest absolute Gasteiger partial charge is 0.374 e. The number of aromatic nitrogens is 4. The van der Waals surface area contributed by atoms with Gasteiger partial charge in [-0.05, 0) is 85.5 Å². The summed E-state index contributed by atoms with van der Waals surface area (Å²) < 4.78 is 37.3. The Labute approximate surface area is 238 Å². The first-order valence-corrected chi connectivity index (χ1v) is 14.0. The molecule has 0 saturated heterocycles. The molecule has 41 heavy (non-hydrogen) atoms. The number of halogens is 2. The van der Waals surface area contributed by atoms with Gasteiger partial charge < -0.3 is 15.8 Å². The fourth-order valence-corrected chi connectivity index (χ4v) is 5.88. The van der Waals surface area contributed by atoms with Crippen LogP contribution >= 0.6 is 0 Å².